The molecule has 0 radical (unpaired) electrons. The third-order valence-electron chi connectivity index (χ3n) is 3.66. The maximum Gasteiger partial charge on any atom is 0.0762 e. The molecule has 1 heterocycles. The van der Waals surface area contributed by atoms with Crippen LogP contribution in [-0.4, -0.2) is 46.6 Å². The highest BCUT2D eigenvalue weighted by Gasteiger charge is 2.23. The highest BCUT2D eigenvalue weighted by molar-refractivity contribution is 9.10. The molecule has 1 aliphatic rings. The maximum atomic E-state index is 5.46. The number of benzene rings is 1. The van der Waals surface area contributed by atoms with Crippen LogP contribution in [0.25, 0.3) is 0 Å². The van der Waals surface area contributed by atoms with E-state index in [1.165, 1.54) is 11.3 Å². The summed E-state index contributed by atoms with van der Waals surface area (Å²) in [5.41, 5.74) is 2.62. The Morgan fingerprint density at radius 1 is 1.40 bits per heavy atom. The fourth-order valence-corrected chi connectivity index (χ4v) is 2.87. The van der Waals surface area contributed by atoms with Gasteiger partial charge < -0.3 is 19.7 Å². The van der Waals surface area contributed by atoms with Crippen molar-refractivity contribution in [1.29, 1.82) is 0 Å². The van der Waals surface area contributed by atoms with Gasteiger partial charge in [0.05, 0.1) is 12.7 Å². The van der Waals surface area contributed by atoms with E-state index in [4.69, 9.17) is 9.47 Å². The lowest BCUT2D eigenvalue weighted by Crippen LogP contribution is -2.25. The van der Waals surface area contributed by atoms with Gasteiger partial charge in [0, 0.05) is 50.6 Å². The van der Waals surface area contributed by atoms with Gasteiger partial charge in [0.15, 0.2) is 0 Å². The number of nitrogens with one attached hydrogen (secondary N) is 1. The zero-order chi connectivity index (χ0) is 14.4. The lowest BCUT2D eigenvalue weighted by atomic mass is 10.1. The number of nitrogens with zero attached hydrogens (tertiary/aromatic N) is 1. The van der Waals surface area contributed by atoms with Crippen molar-refractivity contribution in [3.8, 4) is 0 Å². The van der Waals surface area contributed by atoms with Crippen molar-refractivity contribution in [2.75, 3.05) is 45.4 Å². The molecule has 0 aliphatic carbocycles. The van der Waals surface area contributed by atoms with E-state index in [2.05, 4.69) is 44.3 Å². The third-order valence-corrected chi connectivity index (χ3v) is 4.16. The number of methoxy groups -OCH3 is 2. The number of hydrogen-bond acceptors (Lipinski definition) is 4. The van der Waals surface area contributed by atoms with Crippen molar-refractivity contribution in [2.24, 2.45) is 0 Å². The predicted molar refractivity (Wildman–Crippen MR) is 85.4 cm³/mol. The molecule has 1 aliphatic heterocycles. The number of anilines is 1. The van der Waals surface area contributed by atoms with E-state index < -0.39 is 0 Å². The van der Waals surface area contributed by atoms with Crippen LogP contribution >= 0.6 is 15.9 Å². The average Bonchev–Trinajstić information content (AvgIpc) is 2.93. The van der Waals surface area contributed by atoms with E-state index >= 15 is 0 Å². The summed E-state index contributed by atoms with van der Waals surface area (Å²) < 4.78 is 11.6. The van der Waals surface area contributed by atoms with Gasteiger partial charge in [-0.05, 0) is 24.1 Å². The van der Waals surface area contributed by atoms with Gasteiger partial charge in [0.1, 0.15) is 0 Å². The van der Waals surface area contributed by atoms with Gasteiger partial charge in [-0.25, -0.2) is 0 Å². The number of hydrogen-bond donors (Lipinski definition) is 1. The molecule has 1 saturated heterocycles. The first-order valence-corrected chi connectivity index (χ1v) is 7.79. The summed E-state index contributed by atoms with van der Waals surface area (Å²) in [4.78, 5) is 2.41. The first kappa shape index (κ1) is 15.8. The molecule has 1 fully saturated rings. The molecule has 1 aromatic carbocycles. The molecule has 0 saturated carbocycles. The van der Waals surface area contributed by atoms with Crippen LogP contribution in [0, 0.1) is 0 Å². The van der Waals surface area contributed by atoms with Crippen molar-refractivity contribution in [3.05, 3.63) is 28.2 Å². The molecule has 5 heteroatoms. The van der Waals surface area contributed by atoms with Gasteiger partial charge in [-0.3, -0.25) is 0 Å². The minimum Gasteiger partial charge on any atom is -0.383 e. The smallest absolute Gasteiger partial charge is 0.0762 e. The van der Waals surface area contributed by atoms with Crippen LogP contribution in [0.4, 0.5) is 5.69 Å². The Bertz CT molecular complexity index is 428. The summed E-state index contributed by atoms with van der Waals surface area (Å²) in [5, 5.41) is 3.41. The Labute approximate surface area is 129 Å². The minimum atomic E-state index is 0.350. The molecular formula is C15H23BrN2O2. The molecule has 0 spiro atoms. The van der Waals surface area contributed by atoms with Crippen LogP contribution in [0.3, 0.4) is 0 Å². The van der Waals surface area contributed by atoms with Gasteiger partial charge in [-0.15, -0.1) is 0 Å². The van der Waals surface area contributed by atoms with Crippen LogP contribution in [0.1, 0.15) is 12.0 Å². The topological polar surface area (TPSA) is 33.7 Å². The van der Waals surface area contributed by atoms with E-state index in [9.17, 15) is 0 Å². The molecule has 0 aromatic heterocycles. The van der Waals surface area contributed by atoms with Gasteiger partial charge in [-0.2, -0.15) is 0 Å². The van der Waals surface area contributed by atoms with Crippen LogP contribution in [0.15, 0.2) is 22.7 Å². The number of rotatable bonds is 7. The van der Waals surface area contributed by atoms with Gasteiger partial charge in [0.25, 0.3) is 0 Å². The predicted octanol–water partition coefficient (Wildman–Crippen LogP) is 2.41. The van der Waals surface area contributed by atoms with Crippen molar-refractivity contribution in [1.82, 2.24) is 5.32 Å². The summed E-state index contributed by atoms with van der Waals surface area (Å²) >= 11 is 3.57. The molecular weight excluding hydrogens is 320 g/mol. The van der Waals surface area contributed by atoms with Crippen LogP contribution in [0.2, 0.25) is 0 Å². The molecule has 20 heavy (non-hydrogen) atoms. The molecule has 0 bridgehead atoms. The van der Waals surface area contributed by atoms with E-state index in [0.717, 1.165) is 43.7 Å². The standard InChI is InChI=1S/C15H23BrN2O2/c1-19-8-6-17-10-12-3-4-13(16)9-15(12)18-7-5-14(11-18)20-2/h3-4,9,14,17H,5-8,10-11H2,1-2H3. The normalized spacial score (nSPS) is 18.8. The zero-order valence-electron chi connectivity index (χ0n) is 12.2. The highest BCUT2D eigenvalue weighted by atomic mass is 79.9. The van der Waals surface area contributed by atoms with Crippen molar-refractivity contribution in [2.45, 2.75) is 19.1 Å². The number of halogens is 1. The third kappa shape index (κ3) is 4.19. The van der Waals surface area contributed by atoms with E-state index in [-0.39, 0.29) is 0 Å². The molecule has 1 aromatic rings. The molecule has 1 N–H and O–H groups in total. The summed E-state index contributed by atoms with van der Waals surface area (Å²) in [7, 11) is 3.52. The summed E-state index contributed by atoms with van der Waals surface area (Å²) in [6.45, 7) is 4.49. The summed E-state index contributed by atoms with van der Waals surface area (Å²) in [6.07, 6.45) is 1.45. The van der Waals surface area contributed by atoms with Crippen LogP contribution < -0.4 is 10.2 Å². The SMILES string of the molecule is COCCNCc1ccc(Br)cc1N1CCC(OC)C1. The second kappa shape index (κ2) is 7.98. The minimum absolute atomic E-state index is 0.350. The molecule has 0 amide bonds. The Morgan fingerprint density at radius 2 is 2.25 bits per heavy atom. The van der Waals surface area contributed by atoms with E-state index in [1.54, 1.807) is 14.2 Å². The zero-order valence-corrected chi connectivity index (χ0v) is 13.8. The monoisotopic (exact) mass is 342 g/mol. The Kier molecular flexibility index (Phi) is 6.29. The average molecular weight is 343 g/mol. The van der Waals surface area contributed by atoms with E-state index in [0.29, 0.717) is 6.10 Å². The highest BCUT2D eigenvalue weighted by Crippen LogP contribution is 2.28. The fraction of sp³-hybridized carbons (Fsp3) is 0.600. The maximum absolute atomic E-state index is 5.46. The van der Waals surface area contributed by atoms with Gasteiger partial charge >= 0.3 is 0 Å². The number of ether oxygens (including phenoxy) is 2. The second-order valence-electron chi connectivity index (χ2n) is 5.04. The Morgan fingerprint density at radius 3 is 2.95 bits per heavy atom. The van der Waals surface area contributed by atoms with Crippen molar-refractivity contribution >= 4 is 21.6 Å². The van der Waals surface area contributed by atoms with Gasteiger partial charge in [0.2, 0.25) is 0 Å². The van der Waals surface area contributed by atoms with Crippen LogP contribution in [-0.2, 0) is 16.0 Å². The van der Waals surface area contributed by atoms with Crippen molar-refractivity contribution in [3.63, 3.8) is 0 Å². The first-order valence-electron chi connectivity index (χ1n) is 7.00. The largest absolute Gasteiger partial charge is 0.383 e. The quantitative estimate of drug-likeness (QED) is 0.771. The fourth-order valence-electron chi connectivity index (χ4n) is 2.52. The van der Waals surface area contributed by atoms with Crippen LogP contribution in [0.5, 0.6) is 0 Å². The summed E-state index contributed by atoms with van der Waals surface area (Å²) in [6, 6.07) is 6.48. The second-order valence-corrected chi connectivity index (χ2v) is 5.95. The lowest BCUT2D eigenvalue weighted by Gasteiger charge is -2.22. The molecule has 1 atom stereocenters. The molecule has 1 unspecified atom stereocenters. The molecule has 4 nitrogen and oxygen atoms in total. The lowest BCUT2D eigenvalue weighted by molar-refractivity contribution is 0.121. The first-order chi connectivity index (χ1) is 9.74. The molecule has 2 rings (SSSR count). The Hall–Kier alpha value is -0.620. The molecule has 112 valence electrons. The van der Waals surface area contributed by atoms with Crippen molar-refractivity contribution < 1.29 is 9.47 Å². The van der Waals surface area contributed by atoms with E-state index in [1.807, 2.05) is 0 Å². The Balaban J connectivity index is 2.04. The summed E-state index contributed by atoms with van der Waals surface area (Å²) in [5.74, 6) is 0. The van der Waals surface area contributed by atoms with Gasteiger partial charge in [-0.1, -0.05) is 22.0 Å².